The summed E-state index contributed by atoms with van der Waals surface area (Å²) in [5.74, 6) is -1.48. The van der Waals surface area contributed by atoms with Gasteiger partial charge in [-0.2, -0.15) is 0 Å². The van der Waals surface area contributed by atoms with Crippen molar-refractivity contribution < 1.29 is 37.3 Å². The third-order valence-electron chi connectivity index (χ3n) is 8.22. The second-order valence-electron chi connectivity index (χ2n) is 10.6. The molecule has 214 valence electrons. The highest BCUT2D eigenvalue weighted by atomic mass is 19.3. The number of morpholine rings is 1. The van der Waals surface area contributed by atoms with E-state index in [0.29, 0.717) is 43.2 Å². The number of hydrogen-bond acceptors (Lipinski definition) is 10. The topological polar surface area (TPSA) is 123 Å². The second kappa shape index (κ2) is 9.77. The summed E-state index contributed by atoms with van der Waals surface area (Å²) < 4.78 is 51.6. The molecule has 0 bridgehead atoms. The number of benzene rings is 1. The van der Waals surface area contributed by atoms with Gasteiger partial charge in [0.2, 0.25) is 5.88 Å². The molecule has 11 nitrogen and oxygen atoms in total. The summed E-state index contributed by atoms with van der Waals surface area (Å²) in [6.07, 6.45) is -1.88. The van der Waals surface area contributed by atoms with E-state index in [-0.39, 0.29) is 35.9 Å². The first-order chi connectivity index (χ1) is 19.8. The molecule has 6 heterocycles. The van der Waals surface area contributed by atoms with Crippen LogP contribution in [-0.4, -0.2) is 82.7 Å². The predicted molar refractivity (Wildman–Crippen MR) is 143 cm³/mol. The zero-order chi connectivity index (χ0) is 28.3. The molecule has 0 amide bonds. The minimum atomic E-state index is -2.96. The van der Waals surface area contributed by atoms with Crippen molar-refractivity contribution in [2.24, 2.45) is 0 Å². The van der Waals surface area contributed by atoms with Crippen molar-refractivity contribution in [1.82, 2.24) is 15.0 Å². The van der Waals surface area contributed by atoms with E-state index in [1.165, 1.54) is 4.90 Å². The Morgan fingerprint density at radius 3 is 2.76 bits per heavy atom. The maximum absolute atomic E-state index is 13.9. The number of anilines is 2. The van der Waals surface area contributed by atoms with E-state index < -0.39 is 36.0 Å². The van der Waals surface area contributed by atoms with Gasteiger partial charge in [0.25, 0.3) is 6.43 Å². The van der Waals surface area contributed by atoms with Gasteiger partial charge in [-0.25, -0.2) is 28.5 Å². The number of pyridine rings is 1. The number of carboxylic acids is 1. The lowest BCUT2D eigenvalue weighted by Crippen LogP contribution is -2.68. The first-order valence-electron chi connectivity index (χ1n) is 13.4. The predicted octanol–water partition coefficient (Wildman–Crippen LogP) is 3.81. The lowest BCUT2D eigenvalue weighted by atomic mass is 9.90. The third-order valence-corrected chi connectivity index (χ3v) is 8.22. The highest BCUT2D eigenvalue weighted by Crippen LogP contribution is 2.40. The molecule has 13 heteroatoms. The Bertz CT molecular complexity index is 1630. The van der Waals surface area contributed by atoms with Crippen LogP contribution in [0.5, 0.6) is 5.88 Å². The largest absolute Gasteiger partial charge is 0.480 e. The molecular weight excluding hydrogens is 540 g/mol. The van der Waals surface area contributed by atoms with Gasteiger partial charge in [0.1, 0.15) is 34.5 Å². The molecular formula is C28H27F2N5O6. The summed E-state index contributed by atoms with van der Waals surface area (Å²) in [5.41, 5.74) is 1.17. The van der Waals surface area contributed by atoms with Gasteiger partial charge >= 0.3 is 5.97 Å². The zero-order valence-corrected chi connectivity index (χ0v) is 22.1. The van der Waals surface area contributed by atoms with Gasteiger partial charge in [0.15, 0.2) is 17.2 Å². The molecule has 0 radical (unpaired) electrons. The lowest BCUT2D eigenvalue weighted by molar-refractivity contribution is -0.228. The van der Waals surface area contributed by atoms with E-state index in [1.54, 1.807) is 30.5 Å². The Hall–Kier alpha value is -4.10. The van der Waals surface area contributed by atoms with Gasteiger partial charge < -0.3 is 33.5 Å². The number of hydrogen-bond donors (Lipinski definition) is 1. The van der Waals surface area contributed by atoms with Crippen molar-refractivity contribution in [2.45, 2.75) is 43.6 Å². The molecule has 0 saturated carbocycles. The number of halogens is 2. The number of aliphatic carboxylic acids is 1. The quantitative estimate of drug-likeness (QED) is 0.366. The van der Waals surface area contributed by atoms with Crippen LogP contribution in [0.15, 0.2) is 47.0 Å². The number of aromatic nitrogens is 3. The molecule has 3 fully saturated rings. The number of rotatable bonds is 6. The van der Waals surface area contributed by atoms with Gasteiger partial charge in [0, 0.05) is 24.5 Å². The van der Waals surface area contributed by atoms with Crippen molar-refractivity contribution in [2.75, 3.05) is 42.7 Å². The summed E-state index contributed by atoms with van der Waals surface area (Å²) >= 11 is 0. The minimum absolute atomic E-state index is 0.00134. The number of para-hydroxylation sites is 1. The van der Waals surface area contributed by atoms with Gasteiger partial charge in [-0.1, -0.05) is 12.1 Å². The van der Waals surface area contributed by atoms with Crippen molar-refractivity contribution >= 4 is 39.5 Å². The minimum Gasteiger partial charge on any atom is -0.480 e. The van der Waals surface area contributed by atoms with Crippen LogP contribution < -0.4 is 14.5 Å². The Morgan fingerprint density at radius 1 is 1.17 bits per heavy atom. The Kier molecular flexibility index (Phi) is 6.16. The van der Waals surface area contributed by atoms with Crippen LogP contribution in [0.1, 0.15) is 25.6 Å². The van der Waals surface area contributed by atoms with E-state index in [1.807, 2.05) is 12.1 Å². The summed E-state index contributed by atoms with van der Waals surface area (Å²) in [4.78, 5) is 28.7. The number of carbonyl (C=O) groups is 1. The molecule has 3 saturated heterocycles. The average molecular weight is 568 g/mol. The molecule has 4 aromatic rings. The first-order valence-corrected chi connectivity index (χ1v) is 13.4. The van der Waals surface area contributed by atoms with E-state index in [4.69, 9.17) is 18.6 Å². The number of ether oxygens (including phenoxy) is 3. The van der Waals surface area contributed by atoms with Crippen molar-refractivity contribution in [3.05, 3.63) is 48.4 Å². The molecule has 1 N–H and O–H groups in total. The maximum atomic E-state index is 13.9. The van der Waals surface area contributed by atoms with E-state index in [2.05, 4.69) is 26.8 Å². The van der Waals surface area contributed by atoms with Crippen LogP contribution in [0, 0.1) is 0 Å². The molecule has 1 spiro atoms. The van der Waals surface area contributed by atoms with Crippen LogP contribution in [0.2, 0.25) is 0 Å². The highest BCUT2D eigenvalue weighted by molar-refractivity contribution is 6.06. The second-order valence-corrected chi connectivity index (χ2v) is 10.6. The van der Waals surface area contributed by atoms with Crippen LogP contribution in [0.3, 0.4) is 0 Å². The fourth-order valence-corrected chi connectivity index (χ4v) is 5.99. The molecule has 3 atom stereocenters. The van der Waals surface area contributed by atoms with Crippen LogP contribution in [0.25, 0.3) is 22.1 Å². The fraction of sp³-hybridized carbons (Fsp3) is 0.429. The van der Waals surface area contributed by atoms with Crippen molar-refractivity contribution in [1.29, 1.82) is 0 Å². The standard InChI is InChI=1S/C28H27F2N5O6/c1-15-28(13-38-14-28)39-10-9-34(15)18-6-4-8-31-26(18)40-16-11-19(27(36)37)35(12-16)25-22-21(32-24(33-25)23(29)30)17-5-2-3-7-20(17)41-22/h2-8,15-16,19,23H,9-14H2,1H3,(H,36,37)/t15-,16?,19-/m0/s1. The molecule has 1 aromatic carbocycles. The Labute approximate surface area is 232 Å². The van der Waals surface area contributed by atoms with E-state index >= 15 is 0 Å². The molecule has 0 aliphatic carbocycles. The number of carboxylic acid groups (broad SMARTS) is 1. The van der Waals surface area contributed by atoms with Crippen molar-refractivity contribution in [3.63, 3.8) is 0 Å². The summed E-state index contributed by atoms with van der Waals surface area (Å²) in [7, 11) is 0. The van der Waals surface area contributed by atoms with E-state index in [0.717, 1.165) is 5.69 Å². The smallest absolute Gasteiger partial charge is 0.326 e. The Morgan fingerprint density at radius 2 is 2.00 bits per heavy atom. The van der Waals surface area contributed by atoms with Gasteiger partial charge in [0.05, 0.1) is 32.4 Å². The molecule has 1 unspecified atom stereocenters. The first kappa shape index (κ1) is 25.8. The molecule has 3 aromatic heterocycles. The van der Waals surface area contributed by atoms with Crippen LogP contribution >= 0.6 is 0 Å². The van der Waals surface area contributed by atoms with Crippen molar-refractivity contribution in [3.8, 4) is 5.88 Å². The highest BCUT2D eigenvalue weighted by Gasteiger charge is 2.50. The normalized spacial score (nSPS) is 24.0. The number of fused-ring (bicyclic) bond motifs is 3. The fourth-order valence-electron chi connectivity index (χ4n) is 5.99. The monoisotopic (exact) mass is 567 g/mol. The SMILES string of the molecule is C[C@@H]1N(c2cccnc2OC2C[C@@H](C(=O)O)N(c3nc(C(F)F)nc4c3oc3ccccc34)C2)CCOC12COC2. The van der Waals surface area contributed by atoms with Gasteiger partial charge in [-0.05, 0) is 31.2 Å². The van der Waals surface area contributed by atoms with E-state index in [9.17, 15) is 18.7 Å². The third kappa shape index (κ3) is 4.22. The number of furan rings is 1. The van der Waals surface area contributed by atoms with Gasteiger partial charge in [-0.15, -0.1) is 0 Å². The summed E-state index contributed by atoms with van der Waals surface area (Å²) in [5, 5.41) is 10.7. The molecule has 3 aliphatic rings. The molecule has 7 rings (SSSR count). The maximum Gasteiger partial charge on any atom is 0.326 e. The Balaban J connectivity index is 1.23. The number of nitrogens with zero attached hydrogens (tertiary/aromatic N) is 5. The summed E-state index contributed by atoms with van der Waals surface area (Å²) in [6, 6.07) is 9.55. The number of alkyl halides is 2. The van der Waals surface area contributed by atoms with Crippen LogP contribution in [0.4, 0.5) is 20.3 Å². The zero-order valence-electron chi connectivity index (χ0n) is 22.1. The average Bonchev–Trinajstić information content (AvgIpc) is 3.54. The van der Waals surface area contributed by atoms with Crippen LogP contribution in [-0.2, 0) is 14.3 Å². The van der Waals surface area contributed by atoms with Gasteiger partial charge in [-0.3, -0.25) is 0 Å². The molecule has 41 heavy (non-hydrogen) atoms. The lowest BCUT2D eigenvalue weighted by Gasteiger charge is -2.53. The summed E-state index contributed by atoms with van der Waals surface area (Å²) in [6.45, 7) is 4.30. The molecule has 3 aliphatic heterocycles.